The zero-order chi connectivity index (χ0) is 12.4. The Kier molecular flexibility index (Phi) is 3.84. The molecule has 0 saturated heterocycles. The molecule has 1 aliphatic carbocycles. The van der Waals surface area contributed by atoms with Gasteiger partial charge in [-0.2, -0.15) is 0 Å². The predicted molar refractivity (Wildman–Crippen MR) is 67.7 cm³/mol. The number of carbonyl (C=O) groups is 1. The number of aryl methyl sites for hydroxylation is 1. The zero-order valence-electron chi connectivity index (χ0n) is 10.2. The van der Waals surface area contributed by atoms with Crippen LogP contribution < -0.4 is 0 Å². The van der Waals surface area contributed by atoms with E-state index in [0.29, 0.717) is 12.3 Å². The third kappa shape index (κ3) is 2.69. The third-order valence-corrected chi connectivity index (χ3v) is 4.81. The standard InChI is InChI=1S/C13H18O3S/c1-8-3-5-11(16-2)10-7-9(17-13(8)10)4-6-12(14)15/h7-8,11H,3-6H2,1-2H3,(H,14,15). The van der Waals surface area contributed by atoms with Crippen molar-refractivity contribution in [3.05, 3.63) is 21.4 Å². The largest absolute Gasteiger partial charge is 0.481 e. The van der Waals surface area contributed by atoms with Crippen molar-refractivity contribution in [1.29, 1.82) is 0 Å². The molecule has 0 fully saturated rings. The van der Waals surface area contributed by atoms with Gasteiger partial charge in [0.2, 0.25) is 0 Å². The third-order valence-electron chi connectivity index (χ3n) is 3.37. The molecule has 2 rings (SSSR count). The number of aliphatic carboxylic acids is 1. The number of rotatable bonds is 4. The Morgan fingerprint density at radius 1 is 1.59 bits per heavy atom. The number of carboxylic acids is 1. The second-order valence-electron chi connectivity index (χ2n) is 4.63. The molecule has 1 aromatic heterocycles. The summed E-state index contributed by atoms with van der Waals surface area (Å²) in [6.07, 6.45) is 3.28. The maximum absolute atomic E-state index is 10.6. The second kappa shape index (κ2) is 5.19. The summed E-state index contributed by atoms with van der Waals surface area (Å²) in [6, 6.07) is 2.15. The minimum atomic E-state index is -0.729. The van der Waals surface area contributed by atoms with E-state index in [1.54, 1.807) is 18.4 Å². The summed E-state index contributed by atoms with van der Waals surface area (Å²) in [5.74, 6) is -0.146. The molecule has 2 atom stereocenters. The number of ether oxygens (including phenoxy) is 1. The molecule has 3 nitrogen and oxygen atoms in total. The summed E-state index contributed by atoms with van der Waals surface area (Å²) in [4.78, 5) is 13.1. The van der Waals surface area contributed by atoms with Crippen molar-refractivity contribution < 1.29 is 14.6 Å². The van der Waals surface area contributed by atoms with Gasteiger partial charge in [0.15, 0.2) is 0 Å². The molecule has 1 N–H and O–H groups in total. The van der Waals surface area contributed by atoms with Crippen LogP contribution in [0.1, 0.15) is 53.5 Å². The van der Waals surface area contributed by atoms with Gasteiger partial charge in [-0.05, 0) is 36.8 Å². The lowest BCUT2D eigenvalue weighted by atomic mass is 9.88. The normalized spacial score (nSPS) is 23.4. The number of hydrogen-bond acceptors (Lipinski definition) is 3. The molecule has 0 aromatic carbocycles. The topological polar surface area (TPSA) is 46.5 Å². The van der Waals surface area contributed by atoms with Crippen LogP contribution in [-0.2, 0) is 16.0 Å². The summed E-state index contributed by atoms with van der Waals surface area (Å²) < 4.78 is 5.50. The number of thiophene rings is 1. The Morgan fingerprint density at radius 2 is 2.35 bits per heavy atom. The number of hydrogen-bond donors (Lipinski definition) is 1. The average Bonchev–Trinajstić information content (AvgIpc) is 2.72. The van der Waals surface area contributed by atoms with Gasteiger partial charge in [0.1, 0.15) is 0 Å². The maximum Gasteiger partial charge on any atom is 0.303 e. The molecule has 0 radical (unpaired) electrons. The fourth-order valence-electron chi connectivity index (χ4n) is 2.40. The lowest BCUT2D eigenvalue weighted by Crippen LogP contribution is -2.11. The van der Waals surface area contributed by atoms with Gasteiger partial charge in [0.05, 0.1) is 12.5 Å². The quantitative estimate of drug-likeness (QED) is 0.896. The summed E-state index contributed by atoms with van der Waals surface area (Å²) in [6.45, 7) is 2.24. The minimum absolute atomic E-state index is 0.205. The molecule has 4 heteroatoms. The van der Waals surface area contributed by atoms with E-state index in [0.717, 1.165) is 12.8 Å². The molecule has 1 aromatic rings. The molecule has 0 saturated carbocycles. The molecule has 2 unspecified atom stereocenters. The smallest absolute Gasteiger partial charge is 0.303 e. The van der Waals surface area contributed by atoms with Crippen molar-refractivity contribution in [2.24, 2.45) is 0 Å². The second-order valence-corrected chi connectivity index (χ2v) is 5.80. The van der Waals surface area contributed by atoms with Crippen LogP contribution in [-0.4, -0.2) is 18.2 Å². The highest BCUT2D eigenvalue weighted by molar-refractivity contribution is 7.12. The first-order valence-electron chi connectivity index (χ1n) is 5.99. The van der Waals surface area contributed by atoms with E-state index in [2.05, 4.69) is 13.0 Å². The van der Waals surface area contributed by atoms with E-state index < -0.39 is 5.97 Å². The highest BCUT2D eigenvalue weighted by atomic mass is 32.1. The lowest BCUT2D eigenvalue weighted by Gasteiger charge is -2.25. The Morgan fingerprint density at radius 3 is 3.00 bits per heavy atom. The van der Waals surface area contributed by atoms with Crippen molar-refractivity contribution in [3.63, 3.8) is 0 Å². The highest BCUT2D eigenvalue weighted by Gasteiger charge is 2.27. The van der Waals surface area contributed by atoms with Crippen molar-refractivity contribution in [2.45, 2.75) is 44.6 Å². The van der Waals surface area contributed by atoms with Gasteiger partial charge in [0.25, 0.3) is 0 Å². The molecule has 0 aliphatic heterocycles. The van der Waals surface area contributed by atoms with Crippen LogP contribution in [0.2, 0.25) is 0 Å². The summed E-state index contributed by atoms with van der Waals surface area (Å²) in [5.41, 5.74) is 1.29. The van der Waals surface area contributed by atoms with Gasteiger partial charge in [-0.25, -0.2) is 0 Å². The highest BCUT2D eigenvalue weighted by Crippen LogP contribution is 2.43. The van der Waals surface area contributed by atoms with Crippen LogP contribution in [0.5, 0.6) is 0 Å². The zero-order valence-corrected chi connectivity index (χ0v) is 11.0. The van der Waals surface area contributed by atoms with Crippen LogP contribution in [0.3, 0.4) is 0 Å². The van der Waals surface area contributed by atoms with E-state index in [-0.39, 0.29) is 12.5 Å². The first kappa shape index (κ1) is 12.6. The Labute approximate surface area is 105 Å². The molecule has 94 valence electrons. The average molecular weight is 254 g/mol. The van der Waals surface area contributed by atoms with E-state index in [9.17, 15) is 4.79 Å². The maximum atomic E-state index is 10.6. The van der Waals surface area contributed by atoms with E-state index in [4.69, 9.17) is 9.84 Å². The van der Waals surface area contributed by atoms with Gasteiger partial charge in [-0.3, -0.25) is 4.79 Å². The van der Waals surface area contributed by atoms with Crippen molar-refractivity contribution in [2.75, 3.05) is 7.11 Å². The van der Waals surface area contributed by atoms with Crippen LogP contribution >= 0.6 is 11.3 Å². The fraction of sp³-hybridized carbons (Fsp3) is 0.615. The van der Waals surface area contributed by atoms with Crippen molar-refractivity contribution in [3.8, 4) is 0 Å². The Hall–Kier alpha value is -0.870. The van der Waals surface area contributed by atoms with Gasteiger partial charge >= 0.3 is 5.97 Å². The summed E-state index contributed by atoms with van der Waals surface area (Å²) >= 11 is 1.76. The molecule has 0 amide bonds. The van der Waals surface area contributed by atoms with Crippen molar-refractivity contribution in [1.82, 2.24) is 0 Å². The molecule has 1 aliphatic rings. The van der Waals surface area contributed by atoms with Gasteiger partial charge in [-0.15, -0.1) is 11.3 Å². The van der Waals surface area contributed by atoms with E-state index >= 15 is 0 Å². The van der Waals surface area contributed by atoms with Gasteiger partial charge in [-0.1, -0.05) is 6.92 Å². The van der Waals surface area contributed by atoms with Gasteiger partial charge in [0, 0.05) is 16.9 Å². The monoisotopic (exact) mass is 254 g/mol. The lowest BCUT2D eigenvalue weighted by molar-refractivity contribution is -0.136. The predicted octanol–water partition coefficient (Wildman–Crippen LogP) is 3.35. The van der Waals surface area contributed by atoms with Gasteiger partial charge < -0.3 is 9.84 Å². The van der Waals surface area contributed by atoms with Crippen molar-refractivity contribution >= 4 is 17.3 Å². The fourth-order valence-corrected chi connectivity index (χ4v) is 3.70. The number of methoxy groups -OCH3 is 1. The van der Waals surface area contributed by atoms with Crippen LogP contribution in [0.4, 0.5) is 0 Å². The molecular weight excluding hydrogens is 236 g/mol. The summed E-state index contributed by atoms with van der Waals surface area (Å²) in [5, 5.41) is 8.71. The SMILES string of the molecule is COC1CCC(C)c2sc(CCC(=O)O)cc21. The first-order chi connectivity index (χ1) is 8.11. The summed E-state index contributed by atoms with van der Waals surface area (Å²) in [7, 11) is 1.75. The van der Waals surface area contributed by atoms with Crippen LogP contribution in [0.25, 0.3) is 0 Å². The van der Waals surface area contributed by atoms with Crippen LogP contribution in [0, 0.1) is 0 Å². The van der Waals surface area contributed by atoms with Crippen LogP contribution in [0.15, 0.2) is 6.07 Å². The number of carboxylic acid groups (broad SMARTS) is 1. The first-order valence-corrected chi connectivity index (χ1v) is 6.80. The number of fused-ring (bicyclic) bond motifs is 1. The molecule has 0 bridgehead atoms. The molecule has 0 spiro atoms. The minimum Gasteiger partial charge on any atom is -0.481 e. The Bertz CT molecular complexity index is 411. The van der Waals surface area contributed by atoms with E-state index in [1.165, 1.54) is 15.3 Å². The molecule has 1 heterocycles. The molecular formula is C13H18O3S. The Balaban J connectivity index is 2.19. The molecule has 17 heavy (non-hydrogen) atoms. The van der Waals surface area contributed by atoms with E-state index in [1.807, 2.05) is 0 Å².